The molecular formula is C22H20N4S2. The van der Waals surface area contributed by atoms with Crippen LogP contribution in [-0.2, 0) is 6.42 Å². The number of nitrogens with one attached hydrogen (secondary N) is 2. The zero-order valence-corrected chi connectivity index (χ0v) is 17.1. The first-order valence-electron chi connectivity index (χ1n) is 8.47. The minimum atomic E-state index is 0.666. The monoisotopic (exact) mass is 404 g/mol. The number of thiophene rings is 1. The zero-order chi connectivity index (χ0) is 20.2. The summed E-state index contributed by atoms with van der Waals surface area (Å²) >= 11 is 3.14. The average Bonchev–Trinajstić information content (AvgIpc) is 3.20. The Bertz CT molecular complexity index is 979. The molecule has 140 valence electrons. The van der Waals surface area contributed by atoms with E-state index in [1.165, 1.54) is 22.4 Å². The van der Waals surface area contributed by atoms with Crippen molar-refractivity contribution in [3.05, 3.63) is 94.3 Å². The molecule has 0 saturated carbocycles. The van der Waals surface area contributed by atoms with Crippen molar-refractivity contribution < 1.29 is 0 Å². The molecule has 3 aromatic rings. The molecule has 0 aliphatic rings. The van der Waals surface area contributed by atoms with Gasteiger partial charge in [-0.05, 0) is 59.4 Å². The van der Waals surface area contributed by atoms with Gasteiger partial charge in [0.05, 0.1) is 22.9 Å². The lowest BCUT2D eigenvalue weighted by atomic mass is 10.1. The lowest BCUT2D eigenvalue weighted by Crippen LogP contribution is -1.92. The van der Waals surface area contributed by atoms with Crippen LogP contribution in [0.15, 0.2) is 77.7 Å². The van der Waals surface area contributed by atoms with Crippen LogP contribution in [0, 0.1) is 22.7 Å². The smallest absolute Gasteiger partial charge is 0.100 e. The van der Waals surface area contributed by atoms with Crippen molar-refractivity contribution in [2.45, 2.75) is 11.3 Å². The molecule has 1 heterocycles. The van der Waals surface area contributed by atoms with Gasteiger partial charge in [0, 0.05) is 23.2 Å². The molecule has 0 radical (unpaired) electrons. The summed E-state index contributed by atoms with van der Waals surface area (Å²) in [5, 5.41) is 22.8. The minimum Gasteiger partial charge on any atom is -0.394 e. The van der Waals surface area contributed by atoms with Gasteiger partial charge in [0.1, 0.15) is 6.07 Å². The maximum atomic E-state index is 9.16. The molecule has 0 amide bonds. The van der Waals surface area contributed by atoms with Crippen LogP contribution in [0.1, 0.15) is 21.6 Å². The Hall–Kier alpha value is -3.19. The summed E-state index contributed by atoms with van der Waals surface area (Å²) in [6, 6.07) is 21.6. The third-order valence-corrected chi connectivity index (χ3v) is 5.49. The van der Waals surface area contributed by atoms with Crippen molar-refractivity contribution in [2.24, 2.45) is 0 Å². The number of benzene rings is 2. The molecule has 0 aliphatic heterocycles. The Morgan fingerprint density at radius 3 is 2.43 bits per heavy atom. The first-order chi connectivity index (χ1) is 13.7. The average molecular weight is 405 g/mol. The standard InChI is InChI=1S/C19H13N3S2.C3H7N/c20-12-15-7-5-14(6-8-15)11-19-17(9-10-23-19)22-24-18-4-2-1-3-16(18)13-21;1-3-4-2/h1-10,22H,11H2;3-4H,1H2,2H3. The van der Waals surface area contributed by atoms with Gasteiger partial charge in [-0.25, -0.2) is 0 Å². The van der Waals surface area contributed by atoms with Crippen LogP contribution in [0.4, 0.5) is 5.69 Å². The number of anilines is 1. The van der Waals surface area contributed by atoms with Gasteiger partial charge in [0.2, 0.25) is 0 Å². The van der Waals surface area contributed by atoms with Gasteiger partial charge in [0.25, 0.3) is 0 Å². The van der Waals surface area contributed by atoms with Crippen molar-refractivity contribution in [1.82, 2.24) is 5.32 Å². The number of nitriles is 2. The minimum absolute atomic E-state index is 0.666. The maximum Gasteiger partial charge on any atom is 0.100 e. The molecule has 0 bridgehead atoms. The van der Waals surface area contributed by atoms with Gasteiger partial charge >= 0.3 is 0 Å². The molecule has 1 aromatic heterocycles. The largest absolute Gasteiger partial charge is 0.394 e. The predicted molar refractivity (Wildman–Crippen MR) is 118 cm³/mol. The fourth-order valence-electron chi connectivity index (χ4n) is 2.21. The van der Waals surface area contributed by atoms with Crippen molar-refractivity contribution in [3.8, 4) is 12.1 Å². The van der Waals surface area contributed by atoms with E-state index in [1.807, 2.05) is 61.6 Å². The third-order valence-electron chi connectivity index (χ3n) is 3.68. The van der Waals surface area contributed by atoms with Crippen LogP contribution in [0.25, 0.3) is 0 Å². The Labute approximate surface area is 174 Å². The second-order valence-electron chi connectivity index (χ2n) is 5.55. The molecule has 4 nitrogen and oxygen atoms in total. The number of hydrogen-bond acceptors (Lipinski definition) is 6. The summed E-state index contributed by atoms with van der Waals surface area (Å²) in [6.45, 7) is 3.37. The molecular weight excluding hydrogens is 384 g/mol. The molecule has 0 atom stereocenters. The summed E-state index contributed by atoms with van der Waals surface area (Å²) in [4.78, 5) is 2.14. The van der Waals surface area contributed by atoms with Gasteiger partial charge in [-0.1, -0.05) is 30.8 Å². The van der Waals surface area contributed by atoms with E-state index in [0.717, 1.165) is 17.0 Å². The fourth-order valence-corrected chi connectivity index (χ4v) is 3.92. The van der Waals surface area contributed by atoms with E-state index >= 15 is 0 Å². The highest BCUT2D eigenvalue weighted by atomic mass is 32.2. The molecule has 6 heteroatoms. The first kappa shape index (κ1) is 21.1. The van der Waals surface area contributed by atoms with Crippen molar-refractivity contribution in [3.63, 3.8) is 0 Å². The number of nitrogens with zero attached hydrogens (tertiary/aromatic N) is 2. The van der Waals surface area contributed by atoms with Crippen molar-refractivity contribution in [2.75, 3.05) is 11.8 Å². The topological polar surface area (TPSA) is 71.6 Å². The second-order valence-corrected chi connectivity index (χ2v) is 7.40. The molecule has 3 rings (SSSR count). The van der Waals surface area contributed by atoms with Crippen LogP contribution in [0.5, 0.6) is 0 Å². The van der Waals surface area contributed by atoms with Gasteiger partial charge in [-0.2, -0.15) is 10.5 Å². The highest BCUT2D eigenvalue weighted by molar-refractivity contribution is 8.00. The Morgan fingerprint density at radius 2 is 1.79 bits per heavy atom. The fraction of sp³-hybridized carbons (Fsp3) is 0.0909. The van der Waals surface area contributed by atoms with Gasteiger partial charge in [-0.15, -0.1) is 11.3 Å². The third kappa shape index (κ3) is 6.21. The zero-order valence-electron chi connectivity index (χ0n) is 15.5. The second kappa shape index (κ2) is 11.5. The van der Waals surface area contributed by atoms with E-state index < -0.39 is 0 Å². The van der Waals surface area contributed by atoms with Gasteiger partial charge < -0.3 is 10.0 Å². The maximum absolute atomic E-state index is 9.16. The van der Waals surface area contributed by atoms with Gasteiger partial charge in [0.15, 0.2) is 0 Å². The SMILES string of the molecule is C=CNC.N#Cc1ccc(Cc2sccc2NSc2ccccc2C#N)cc1. The van der Waals surface area contributed by atoms with E-state index in [9.17, 15) is 0 Å². The first-order valence-corrected chi connectivity index (χ1v) is 10.2. The Kier molecular flexibility index (Phi) is 8.68. The molecule has 0 aliphatic carbocycles. The molecule has 0 fully saturated rings. The van der Waals surface area contributed by atoms with E-state index in [-0.39, 0.29) is 0 Å². The van der Waals surface area contributed by atoms with Crippen LogP contribution in [0.3, 0.4) is 0 Å². The number of hydrogen-bond donors (Lipinski definition) is 2. The quantitative estimate of drug-likeness (QED) is 0.527. The summed E-state index contributed by atoms with van der Waals surface area (Å²) in [6.07, 6.45) is 2.44. The molecule has 2 aromatic carbocycles. The molecule has 0 spiro atoms. The van der Waals surface area contributed by atoms with Crippen molar-refractivity contribution in [1.29, 1.82) is 10.5 Å². The van der Waals surface area contributed by atoms with Gasteiger partial charge in [-0.3, -0.25) is 0 Å². The van der Waals surface area contributed by atoms with Crippen LogP contribution in [-0.4, -0.2) is 7.05 Å². The van der Waals surface area contributed by atoms with Crippen LogP contribution >= 0.6 is 23.3 Å². The lowest BCUT2D eigenvalue weighted by Gasteiger charge is -2.08. The van der Waals surface area contributed by atoms with E-state index in [0.29, 0.717) is 11.1 Å². The van der Waals surface area contributed by atoms with E-state index in [4.69, 9.17) is 10.5 Å². The Morgan fingerprint density at radius 1 is 1.07 bits per heavy atom. The predicted octanol–water partition coefficient (Wildman–Crippen LogP) is 5.55. The molecule has 28 heavy (non-hydrogen) atoms. The summed E-state index contributed by atoms with van der Waals surface area (Å²) in [5.41, 5.74) is 3.56. The molecule has 0 unspecified atom stereocenters. The summed E-state index contributed by atoms with van der Waals surface area (Å²) in [7, 11) is 1.81. The summed E-state index contributed by atoms with van der Waals surface area (Å²) < 4.78 is 3.35. The molecule has 0 saturated heterocycles. The van der Waals surface area contributed by atoms with Crippen LogP contribution in [0.2, 0.25) is 0 Å². The van der Waals surface area contributed by atoms with E-state index in [1.54, 1.807) is 17.5 Å². The number of rotatable bonds is 6. The normalized spacial score (nSPS) is 9.25. The Balaban J connectivity index is 0.000000640. The lowest BCUT2D eigenvalue weighted by molar-refractivity contribution is 1.11. The summed E-state index contributed by atoms with van der Waals surface area (Å²) in [5.74, 6) is 0. The molecule has 2 N–H and O–H groups in total. The van der Waals surface area contributed by atoms with Crippen LogP contribution < -0.4 is 10.0 Å². The highest BCUT2D eigenvalue weighted by Crippen LogP contribution is 2.30. The van der Waals surface area contributed by atoms with E-state index in [2.05, 4.69) is 34.1 Å². The highest BCUT2D eigenvalue weighted by Gasteiger charge is 2.08. The van der Waals surface area contributed by atoms with Crippen molar-refractivity contribution >= 4 is 29.0 Å².